The summed E-state index contributed by atoms with van der Waals surface area (Å²) in [5.41, 5.74) is 0. The number of unbranched alkanes of at least 4 members (excludes halogenated alkanes) is 2. The van der Waals surface area contributed by atoms with E-state index in [9.17, 15) is 0 Å². The highest BCUT2D eigenvalue weighted by molar-refractivity contribution is 4.84. The zero-order valence-corrected chi connectivity index (χ0v) is 8.58. The van der Waals surface area contributed by atoms with Crippen LogP contribution in [0.25, 0.3) is 0 Å². The Morgan fingerprint density at radius 3 is 2.69 bits per heavy atom. The number of rotatable bonds is 6. The van der Waals surface area contributed by atoms with Crippen molar-refractivity contribution in [2.75, 3.05) is 0 Å². The molecule has 1 heterocycles. The van der Waals surface area contributed by atoms with Gasteiger partial charge in [0.1, 0.15) is 5.82 Å². The lowest BCUT2D eigenvalue weighted by Crippen LogP contribution is -2.03. The molecule has 13 heavy (non-hydrogen) atoms. The Morgan fingerprint density at radius 1 is 1.23 bits per heavy atom. The molecule has 0 atom stereocenters. The Hall–Kier alpha value is -0.860. The predicted octanol–water partition coefficient (Wildman–Crippen LogP) is 2.22. The summed E-state index contributed by atoms with van der Waals surface area (Å²) in [4.78, 5) is 0. The van der Waals surface area contributed by atoms with Gasteiger partial charge in [0.15, 0.2) is 0 Å². The highest BCUT2D eigenvalue weighted by Crippen LogP contribution is 2.03. The minimum absolute atomic E-state index is 1.02. The fraction of sp³-hybridized carbons (Fsp3) is 0.800. The summed E-state index contributed by atoms with van der Waals surface area (Å²) < 4.78 is 2.05. The van der Waals surface area contributed by atoms with Gasteiger partial charge in [-0.05, 0) is 12.8 Å². The van der Waals surface area contributed by atoms with Crippen LogP contribution >= 0.6 is 0 Å². The summed E-state index contributed by atoms with van der Waals surface area (Å²) >= 11 is 0. The lowest BCUT2D eigenvalue weighted by atomic mass is 10.2. The molecular weight excluding hydrogens is 162 g/mol. The van der Waals surface area contributed by atoms with E-state index in [1.807, 2.05) is 0 Å². The summed E-state index contributed by atoms with van der Waals surface area (Å²) in [5.74, 6) is 1.09. The Bertz CT molecular complexity index is 207. The minimum Gasteiger partial charge on any atom is -0.308 e. The Labute approximate surface area is 80.2 Å². The van der Waals surface area contributed by atoms with Crippen molar-refractivity contribution in [3.05, 3.63) is 12.2 Å². The maximum absolute atomic E-state index is 4.06. The second kappa shape index (κ2) is 5.73. The molecule has 1 aromatic rings. The van der Waals surface area contributed by atoms with Crippen LogP contribution in [0.2, 0.25) is 0 Å². The summed E-state index contributed by atoms with van der Waals surface area (Å²) in [5, 5.41) is 7.88. The molecule has 0 aliphatic carbocycles. The number of aryl methyl sites for hydroxylation is 2. The molecule has 73 valence electrons. The van der Waals surface area contributed by atoms with Crippen molar-refractivity contribution < 1.29 is 0 Å². The van der Waals surface area contributed by atoms with Gasteiger partial charge in [-0.25, -0.2) is 0 Å². The Morgan fingerprint density at radius 2 is 2.00 bits per heavy atom. The molecule has 0 saturated carbocycles. The second-order valence-electron chi connectivity index (χ2n) is 3.32. The quantitative estimate of drug-likeness (QED) is 0.672. The van der Waals surface area contributed by atoms with Crippen molar-refractivity contribution in [2.24, 2.45) is 0 Å². The van der Waals surface area contributed by atoms with E-state index in [-0.39, 0.29) is 0 Å². The molecule has 0 aliphatic rings. The molecule has 1 rings (SSSR count). The minimum atomic E-state index is 1.02. The smallest absolute Gasteiger partial charge is 0.202 e. The van der Waals surface area contributed by atoms with E-state index in [0.29, 0.717) is 0 Å². The van der Waals surface area contributed by atoms with E-state index in [2.05, 4.69) is 34.9 Å². The van der Waals surface area contributed by atoms with Gasteiger partial charge >= 0.3 is 0 Å². The van der Waals surface area contributed by atoms with Crippen LogP contribution in [0, 0.1) is 6.33 Å². The number of nitrogens with zero attached hydrogens (tertiary/aromatic N) is 3. The fourth-order valence-corrected chi connectivity index (χ4v) is 1.26. The second-order valence-corrected chi connectivity index (χ2v) is 3.32. The average molecular weight is 180 g/mol. The topological polar surface area (TPSA) is 30.7 Å². The van der Waals surface area contributed by atoms with Gasteiger partial charge in [-0.2, -0.15) is 0 Å². The molecule has 0 aliphatic heterocycles. The molecule has 3 heteroatoms. The van der Waals surface area contributed by atoms with Gasteiger partial charge in [-0.15, -0.1) is 10.2 Å². The first-order valence-electron chi connectivity index (χ1n) is 5.18. The van der Waals surface area contributed by atoms with E-state index in [0.717, 1.165) is 18.8 Å². The van der Waals surface area contributed by atoms with Crippen molar-refractivity contribution in [3.8, 4) is 0 Å². The third-order valence-corrected chi connectivity index (χ3v) is 2.13. The van der Waals surface area contributed by atoms with Crippen LogP contribution in [-0.2, 0) is 13.0 Å². The van der Waals surface area contributed by atoms with Gasteiger partial charge in [0.05, 0.1) is 0 Å². The largest absolute Gasteiger partial charge is 0.308 e. The van der Waals surface area contributed by atoms with E-state index < -0.39 is 0 Å². The number of aromatic nitrogens is 3. The molecule has 0 spiro atoms. The van der Waals surface area contributed by atoms with Crippen LogP contribution in [0.4, 0.5) is 0 Å². The van der Waals surface area contributed by atoms with Gasteiger partial charge in [0.2, 0.25) is 6.33 Å². The summed E-state index contributed by atoms with van der Waals surface area (Å²) in [7, 11) is 0. The standard InChI is InChI=1S/C10H18N3/c1-3-5-7-10-12-11-9-13(10)8-6-4-2/h3-8H2,1-2H3. The maximum Gasteiger partial charge on any atom is 0.202 e. The van der Waals surface area contributed by atoms with Gasteiger partial charge in [0.25, 0.3) is 0 Å². The van der Waals surface area contributed by atoms with E-state index in [1.54, 1.807) is 0 Å². The van der Waals surface area contributed by atoms with Crippen LogP contribution in [-0.4, -0.2) is 14.8 Å². The first kappa shape index (κ1) is 10.2. The molecule has 1 aromatic heterocycles. The first-order chi connectivity index (χ1) is 6.38. The van der Waals surface area contributed by atoms with Crippen LogP contribution in [0.15, 0.2) is 0 Å². The number of hydrogen-bond acceptors (Lipinski definition) is 2. The highest BCUT2D eigenvalue weighted by Gasteiger charge is 2.02. The van der Waals surface area contributed by atoms with Crippen molar-refractivity contribution in [1.29, 1.82) is 0 Å². The predicted molar refractivity (Wildman–Crippen MR) is 52.4 cm³/mol. The molecule has 3 nitrogen and oxygen atoms in total. The zero-order chi connectivity index (χ0) is 9.52. The zero-order valence-electron chi connectivity index (χ0n) is 8.58. The molecule has 0 saturated heterocycles. The van der Waals surface area contributed by atoms with Gasteiger partial charge in [-0.3, -0.25) is 0 Å². The molecule has 1 radical (unpaired) electrons. The Balaban J connectivity index is 2.45. The molecule has 0 fully saturated rings. The normalized spacial score (nSPS) is 10.6. The van der Waals surface area contributed by atoms with Crippen molar-refractivity contribution >= 4 is 0 Å². The SMILES string of the molecule is CCCCc1nn[c]n1CCCC. The van der Waals surface area contributed by atoms with Crippen molar-refractivity contribution in [3.63, 3.8) is 0 Å². The van der Waals surface area contributed by atoms with Crippen LogP contribution < -0.4 is 0 Å². The van der Waals surface area contributed by atoms with Gasteiger partial charge < -0.3 is 4.57 Å². The Kier molecular flexibility index (Phi) is 4.50. The van der Waals surface area contributed by atoms with E-state index in [4.69, 9.17) is 0 Å². The third-order valence-electron chi connectivity index (χ3n) is 2.13. The number of hydrogen-bond donors (Lipinski definition) is 0. The van der Waals surface area contributed by atoms with E-state index in [1.165, 1.54) is 25.7 Å². The highest BCUT2D eigenvalue weighted by atomic mass is 15.3. The summed E-state index contributed by atoms with van der Waals surface area (Å²) in [6, 6.07) is 0. The molecule has 0 unspecified atom stereocenters. The molecule has 0 N–H and O–H groups in total. The van der Waals surface area contributed by atoms with Crippen molar-refractivity contribution in [1.82, 2.24) is 14.8 Å². The van der Waals surface area contributed by atoms with Crippen LogP contribution in [0.1, 0.15) is 45.4 Å². The maximum atomic E-state index is 4.06. The molecular formula is C10H18N3. The summed E-state index contributed by atoms with van der Waals surface area (Å²) in [6.07, 6.45) is 8.74. The van der Waals surface area contributed by atoms with Crippen LogP contribution in [0.5, 0.6) is 0 Å². The van der Waals surface area contributed by atoms with Gasteiger partial charge in [-0.1, -0.05) is 26.7 Å². The molecule has 0 aromatic carbocycles. The van der Waals surface area contributed by atoms with E-state index >= 15 is 0 Å². The lowest BCUT2D eigenvalue weighted by molar-refractivity contribution is 0.588. The lowest BCUT2D eigenvalue weighted by Gasteiger charge is -2.03. The average Bonchev–Trinajstić information content (AvgIpc) is 2.59. The van der Waals surface area contributed by atoms with Crippen LogP contribution in [0.3, 0.4) is 0 Å². The summed E-state index contributed by atoms with van der Waals surface area (Å²) in [6.45, 7) is 5.40. The fourth-order valence-electron chi connectivity index (χ4n) is 1.26. The monoisotopic (exact) mass is 180 g/mol. The molecule has 0 amide bonds. The first-order valence-corrected chi connectivity index (χ1v) is 5.18. The molecule has 0 bridgehead atoms. The third kappa shape index (κ3) is 3.17. The van der Waals surface area contributed by atoms with Gasteiger partial charge in [0, 0.05) is 13.0 Å². The van der Waals surface area contributed by atoms with Crippen molar-refractivity contribution in [2.45, 2.75) is 52.5 Å².